The molecule has 1 saturated heterocycles. The van der Waals surface area contributed by atoms with Crippen LogP contribution >= 0.6 is 0 Å². The lowest BCUT2D eigenvalue weighted by Gasteiger charge is -2.38. The van der Waals surface area contributed by atoms with E-state index in [1.54, 1.807) is 0 Å². The Balaban J connectivity index is 1.48. The van der Waals surface area contributed by atoms with Crippen LogP contribution in [0.2, 0.25) is 0 Å². The molecule has 1 saturated carbocycles. The maximum absolute atomic E-state index is 12.3. The zero-order valence-corrected chi connectivity index (χ0v) is 13.6. The Hall–Kier alpha value is -1.24. The first-order valence-electron chi connectivity index (χ1n) is 8.88. The molecule has 2 aliphatic heterocycles. The van der Waals surface area contributed by atoms with Crippen LogP contribution in [0.25, 0.3) is 0 Å². The Morgan fingerprint density at radius 1 is 1.39 bits per heavy atom. The number of piperidine rings is 1. The summed E-state index contributed by atoms with van der Waals surface area (Å²) in [5, 5.41) is 14.0. The highest BCUT2D eigenvalue weighted by atomic mass is 16.3. The molecule has 3 N–H and O–H groups in total. The fraction of sp³-hybridized carbons (Fsp3) is 0.765. The summed E-state index contributed by atoms with van der Waals surface area (Å²) in [6.07, 6.45) is 6.00. The second-order valence-corrected chi connectivity index (χ2v) is 7.55. The predicted molar refractivity (Wildman–Crippen MR) is 87.3 cm³/mol. The minimum absolute atomic E-state index is 0.0448. The number of aromatic nitrogens is 2. The SMILES string of the molecule is O=c1[nH]c(CC2CC2)nc2c1CCN(C[C@]1(O)CCCNC1)C2. The molecule has 1 atom stereocenters. The predicted octanol–water partition coefficient (Wildman–Crippen LogP) is 0.195. The van der Waals surface area contributed by atoms with Crippen molar-refractivity contribution in [3.63, 3.8) is 0 Å². The number of rotatable bonds is 4. The van der Waals surface area contributed by atoms with Crippen LogP contribution in [-0.4, -0.2) is 51.8 Å². The molecule has 2 fully saturated rings. The summed E-state index contributed by atoms with van der Waals surface area (Å²) >= 11 is 0. The van der Waals surface area contributed by atoms with Gasteiger partial charge in [-0.3, -0.25) is 9.69 Å². The van der Waals surface area contributed by atoms with E-state index in [0.717, 1.165) is 55.9 Å². The topological polar surface area (TPSA) is 81.2 Å². The molecule has 23 heavy (non-hydrogen) atoms. The number of nitrogens with zero attached hydrogens (tertiary/aromatic N) is 2. The number of aromatic amines is 1. The zero-order valence-electron chi connectivity index (χ0n) is 13.6. The summed E-state index contributed by atoms with van der Waals surface area (Å²) in [6.45, 7) is 3.81. The quantitative estimate of drug-likeness (QED) is 0.739. The molecule has 3 aliphatic rings. The Morgan fingerprint density at radius 3 is 3.00 bits per heavy atom. The lowest BCUT2D eigenvalue weighted by Crippen LogP contribution is -2.53. The van der Waals surface area contributed by atoms with Gasteiger partial charge in [0, 0.05) is 38.2 Å². The van der Waals surface area contributed by atoms with Gasteiger partial charge in [-0.1, -0.05) is 0 Å². The number of hydrogen-bond acceptors (Lipinski definition) is 5. The van der Waals surface area contributed by atoms with Crippen LogP contribution in [0.3, 0.4) is 0 Å². The van der Waals surface area contributed by atoms with Crippen LogP contribution in [0.15, 0.2) is 4.79 Å². The average Bonchev–Trinajstić information content (AvgIpc) is 3.31. The lowest BCUT2D eigenvalue weighted by atomic mass is 9.92. The van der Waals surface area contributed by atoms with Crippen LogP contribution in [0, 0.1) is 5.92 Å². The molecule has 1 aromatic heterocycles. The molecule has 6 nitrogen and oxygen atoms in total. The molecule has 0 amide bonds. The van der Waals surface area contributed by atoms with Crippen molar-refractivity contribution in [2.24, 2.45) is 5.92 Å². The maximum atomic E-state index is 12.3. The van der Waals surface area contributed by atoms with Gasteiger partial charge in [0.1, 0.15) is 5.82 Å². The van der Waals surface area contributed by atoms with Crippen molar-refractivity contribution in [3.05, 3.63) is 27.4 Å². The molecule has 0 unspecified atom stereocenters. The zero-order chi connectivity index (χ0) is 15.9. The standard InChI is InChI=1S/C17H26N4O2/c22-16-13-4-7-21(11-17(23)5-1-6-18-10-17)9-14(13)19-15(20-16)8-12-2-3-12/h12,18,23H,1-11H2,(H,19,20,22)/t17-/m0/s1. The molecule has 126 valence electrons. The van der Waals surface area contributed by atoms with Crippen LogP contribution in [0.5, 0.6) is 0 Å². The summed E-state index contributed by atoms with van der Waals surface area (Å²) in [6, 6.07) is 0. The van der Waals surface area contributed by atoms with Crippen molar-refractivity contribution in [3.8, 4) is 0 Å². The molecule has 1 aromatic rings. The second-order valence-electron chi connectivity index (χ2n) is 7.55. The van der Waals surface area contributed by atoms with Crippen LogP contribution < -0.4 is 10.9 Å². The number of hydrogen-bond donors (Lipinski definition) is 3. The lowest BCUT2D eigenvalue weighted by molar-refractivity contribution is -0.0189. The van der Waals surface area contributed by atoms with Crippen molar-refractivity contribution < 1.29 is 5.11 Å². The highest BCUT2D eigenvalue weighted by Gasteiger charge is 2.33. The molecule has 0 bridgehead atoms. The van der Waals surface area contributed by atoms with E-state index in [4.69, 9.17) is 4.98 Å². The van der Waals surface area contributed by atoms with Gasteiger partial charge in [-0.05, 0) is 44.6 Å². The number of nitrogens with one attached hydrogen (secondary N) is 2. The van der Waals surface area contributed by atoms with Gasteiger partial charge in [0.2, 0.25) is 0 Å². The Labute approximate surface area is 136 Å². The van der Waals surface area contributed by atoms with Crippen LogP contribution in [0.1, 0.15) is 42.8 Å². The summed E-state index contributed by atoms with van der Waals surface area (Å²) < 4.78 is 0. The van der Waals surface area contributed by atoms with E-state index in [2.05, 4.69) is 15.2 Å². The highest BCUT2D eigenvalue weighted by Crippen LogP contribution is 2.31. The van der Waals surface area contributed by atoms with Gasteiger partial charge in [-0.15, -0.1) is 0 Å². The number of fused-ring (bicyclic) bond motifs is 1. The van der Waals surface area contributed by atoms with Crippen LogP contribution in [-0.2, 0) is 19.4 Å². The van der Waals surface area contributed by atoms with Gasteiger partial charge in [0.25, 0.3) is 5.56 Å². The van der Waals surface area contributed by atoms with Crippen molar-refractivity contribution in [1.29, 1.82) is 0 Å². The van der Waals surface area contributed by atoms with Gasteiger partial charge in [0.15, 0.2) is 0 Å². The largest absolute Gasteiger partial charge is 0.387 e. The minimum Gasteiger partial charge on any atom is -0.387 e. The molecule has 6 heteroatoms. The van der Waals surface area contributed by atoms with Gasteiger partial charge in [0.05, 0.1) is 11.3 Å². The van der Waals surface area contributed by atoms with Crippen molar-refractivity contribution in [2.75, 3.05) is 26.2 Å². The summed E-state index contributed by atoms with van der Waals surface area (Å²) in [7, 11) is 0. The maximum Gasteiger partial charge on any atom is 0.254 e. The van der Waals surface area contributed by atoms with E-state index in [1.165, 1.54) is 12.8 Å². The first-order valence-corrected chi connectivity index (χ1v) is 8.88. The van der Waals surface area contributed by atoms with Gasteiger partial charge in [-0.2, -0.15) is 0 Å². The summed E-state index contributed by atoms with van der Waals surface area (Å²) in [5.74, 6) is 1.56. The molecule has 4 rings (SSSR count). The normalized spacial score (nSPS) is 28.6. The first-order chi connectivity index (χ1) is 11.1. The van der Waals surface area contributed by atoms with E-state index in [-0.39, 0.29) is 5.56 Å². The fourth-order valence-corrected chi connectivity index (χ4v) is 3.88. The van der Waals surface area contributed by atoms with Gasteiger partial charge in [-0.25, -0.2) is 4.98 Å². The Bertz CT molecular complexity index is 632. The molecule has 0 spiro atoms. The highest BCUT2D eigenvalue weighted by molar-refractivity contribution is 5.21. The number of aliphatic hydroxyl groups is 1. The molecule has 0 radical (unpaired) electrons. The number of H-pyrrole nitrogens is 1. The average molecular weight is 318 g/mol. The summed E-state index contributed by atoms with van der Waals surface area (Å²) in [5.41, 5.74) is 1.16. The second kappa shape index (κ2) is 6.00. The third-order valence-corrected chi connectivity index (χ3v) is 5.35. The van der Waals surface area contributed by atoms with Crippen LogP contribution in [0.4, 0.5) is 0 Å². The fourth-order valence-electron chi connectivity index (χ4n) is 3.88. The molecule has 0 aromatic carbocycles. The molecule has 1 aliphatic carbocycles. The third-order valence-electron chi connectivity index (χ3n) is 5.35. The Kier molecular flexibility index (Phi) is 3.99. The Morgan fingerprint density at radius 2 is 2.26 bits per heavy atom. The summed E-state index contributed by atoms with van der Waals surface area (Å²) in [4.78, 5) is 22.2. The van der Waals surface area contributed by atoms with Gasteiger partial charge < -0.3 is 15.4 Å². The van der Waals surface area contributed by atoms with Crippen molar-refractivity contribution >= 4 is 0 Å². The van der Waals surface area contributed by atoms with E-state index >= 15 is 0 Å². The van der Waals surface area contributed by atoms with E-state index in [0.29, 0.717) is 25.6 Å². The number of β-amino-alcohol motifs (C(OH)–C–C–N with tert-alkyl or cyclic N) is 1. The molecular weight excluding hydrogens is 292 g/mol. The van der Waals surface area contributed by atoms with Crippen molar-refractivity contribution in [2.45, 2.75) is 50.7 Å². The van der Waals surface area contributed by atoms with Crippen molar-refractivity contribution in [1.82, 2.24) is 20.2 Å². The molecule has 3 heterocycles. The van der Waals surface area contributed by atoms with E-state index in [9.17, 15) is 9.90 Å². The third kappa shape index (κ3) is 3.49. The van der Waals surface area contributed by atoms with E-state index < -0.39 is 5.60 Å². The monoisotopic (exact) mass is 318 g/mol. The molecular formula is C17H26N4O2. The smallest absolute Gasteiger partial charge is 0.254 e. The van der Waals surface area contributed by atoms with E-state index in [1.807, 2.05) is 0 Å². The minimum atomic E-state index is -0.645. The first kappa shape index (κ1) is 15.3. The van der Waals surface area contributed by atoms with Gasteiger partial charge >= 0.3 is 0 Å².